The molecule has 3 fully saturated rings. The molecule has 0 aliphatic carbocycles. The lowest BCUT2D eigenvalue weighted by Crippen LogP contribution is -2.45. The van der Waals surface area contributed by atoms with Crippen molar-refractivity contribution < 1.29 is 4.79 Å². The van der Waals surface area contributed by atoms with Crippen LogP contribution in [0.3, 0.4) is 0 Å². The molecule has 17 heavy (non-hydrogen) atoms. The summed E-state index contributed by atoms with van der Waals surface area (Å²) in [5.41, 5.74) is 1.68. The quantitative estimate of drug-likeness (QED) is 0.746. The molecule has 3 aliphatic heterocycles. The molecule has 88 valence electrons. The van der Waals surface area contributed by atoms with Gasteiger partial charge in [-0.25, -0.2) is 0 Å². The summed E-state index contributed by atoms with van der Waals surface area (Å²) >= 11 is 3.46. The van der Waals surface area contributed by atoms with E-state index >= 15 is 0 Å². The Hall–Kier alpha value is -1.16. The average Bonchev–Trinajstić information content (AvgIpc) is 2.36. The number of piperidine rings is 3. The number of ketones is 1. The third kappa shape index (κ3) is 1.90. The van der Waals surface area contributed by atoms with Gasteiger partial charge in [0, 0.05) is 29.7 Å². The van der Waals surface area contributed by atoms with Crippen LogP contribution < -0.4 is 0 Å². The fourth-order valence-corrected chi connectivity index (χ4v) is 2.91. The van der Waals surface area contributed by atoms with Crippen molar-refractivity contribution in [3.8, 4) is 0 Å². The van der Waals surface area contributed by atoms with Gasteiger partial charge in [-0.05, 0) is 47.0 Å². The van der Waals surface area contributed by atoms with Gasteiger partial charge in [-0.3, -0.25) is 9.78 Å². The van der Waals surface area contributed by atoms with Gasteiger partial charge in [0.2, 0.25) is 0 Å². The van der Waals surface area contributed by atoms with Crippen LogP contribution in [-0.2, 0) is 4.79 Å². The zero-order chi connectivity index (χ0) is 11.8. The van der Waals surface area contributed by atoms with Gasteiger partial charge in [-0.1, -0.05) is 0 Å². The van der Waals surface area contributed by atoms with E-state index in [9.17, 15) is 4.79 Å². The van der Waals surface area contributed by atoms with Crippen LogP contribution in [0.4, 0.5) is 0 Å². The van der Waals surface area contributed by atoms with E-state index < -0.39 is 0 Å². The maximum atomic E-state index is 12.1. The zero-order valence-electron chi connectivity index (χ0n) is 9.40. The second-order valence-electron chi connectivity index (χ2n) is 4.53. The maximum absolute atomic E-state index is 12.1. The van der Waals surface area contributed by atoms with Gasteiger partial charge in [-0.15, -0.1) is 0 Å². The smallest absolute Gasteiger partial charge is 0.182 e. The third-order valence-electron chi connectivity index (χ3n) is 3.52. The predicted octanol–water partition coefficient (Wildman–Crippen LogP) is 2.48. The molecule has 0 N–H and O–H groups in total. The number of hydrogen-bond acceptors (Lipinski definition) is 3. The third-order valence-corrected chi connectivity index (χ3v) is 4.19. The number of allylic oxidation sites excluding steroid dienone is 1. The first kappa shape index (κ1) is 11.0. The summed E-state index contributed by atoms with van der Waals surface area (Å²) in [5.74, 6) is 0.536. The lowest BCUT2D eigenvalue weighted by molar-refractivity contribution is -0.125. The molecule has 0 amide bonds. The van der Waals surface area contributed by atoms with E-state index in [1.807, 2.05) is 18.2 Å². The number of nitrogens with zero attached hydrogens (tertiary/aromatic N) is 2. The number of carbonyl (C=O) groups is 1. The number of hydrogen-bond donors (Lipinski definition) is 0. The molecule has 1 aromatic rings. The minimum absolute atomic E-state index is 0.244. The fraction of sp³-hybridized carbons (Fsp3) is 0.385. The summed E-state index contributed by atoms with van der Waals surface area (Å²) in [6, 6.07) is 3.82. The topological polar surface area (TPSA) is 33.2 Å². The van der Waals surface area contributed by atoms with Crippen LogP contribution in [0.5, 0.6) is 0 Å². The van der Waals surface area contributed by atoms with E-state index in [1.54, 1.807) is 6.20 Å². The van der Waals surface area contributed by atoms with E-state index in [2.05, 4.69) is 25.8 Å². The van der Waals surface area contributed by atoms with Gasteiger partial charge >= 0.3 is 0 Å². The van der Waals surface area contributed by atoms with Gasteiger partial charge in [0.05, 0.1) is 11.4 Å². The highest BCUT2D eigenvalue weighted by atomic mass is 79.9. The van der Waals surface area contributed by atoms with Crippen LogP contribution in [-0.4, -0.2) is 28.8 Å². The summed E-state index contributed by atoms with van der Waals surface area (Å²) in [6.07, 6.45) is 5.69. The van der Waals surface area contributed by atoms with Gasteiger partial charge in [0.15, 0.2) is 5.78 Å². The number of pyridine rings is 1. The summed E-state index contributed by atoms with van der Waals surface area (Å²) in [4.78, 5) is 18.6. The number of aromatic nitrogens is 1. The Kier molecular flexibility index (Phi) is 2.74. The molecule has 1 aromatic heterocycles. The highest BCUT2D eigenvalue weighted by molar-refractivity contribution is 9.10. The highest BCUT2D eigenvalue weighted by Crippen LogP contribution is 2.32. The molecule has 0 saturated carbocycles. The summed E-state index contributed by atoms with van der Waals surface area (Å²) < 4.78 is 0.933. The van der Waals surface area contributed by atoms with Gasteiger partial charge in [0.1, 0.15) is 0 Å². The van der Waals surface area contributed by atoms with Crippen molar-refractivity contribution in [2.24, 2.45) is 5.92 Å². The van der Waals surface area contributed by atoms with Crippen LogP contribution in [0.15, 0.2) is 28.5 Å². The number of halogens is 1. The number of carbonyl (C=O) groups excluding carboxylic acids is 1. The molecule has 3 nitrogen and oxygen atoms in total. The lowest BCUT2D eigenvalue weighted by atomic mass is 9.84. The van der Waals surface area contributed by atoms with Crippen LogP contribution in [0.2, 0.25) is 0 Å². The molecule has 3 aliphatic rings. The van der Waals surface area contributed by atoms with E-state index in [1.165, 1.54) is 0 Å². The summed E-state index contributed by atoms with van der Waals surface area (Å²) in [6.45, 7) is 2.01. The number of rotatable bonds is 1. The minimum atomic E-state index is 0.244. The molecule has 0 radical (unpaired) electrons. The van der Waals surface area contributed by atoms with E-state index in [0.717, 1.165) is 41.8 Å². The monoisotopic (exact) mass is 292 g/mol. The van der Waals surface area contributed by atoms with Gasteiger partial charge in [-0.2, -0.15) is 0 Å². The molecular formula is C13H13BrN2O. The molecule has 3 saturated heterocycles. The van der Waals surface area contributed by atoms with Crippen LogP contribution >= 0.6 is 15.9 Å². The van der Waals surface area contributed by atoms with Crippen molar-refractivity contribution >= 4 is 27.8 Å². The molecule has 4 heterocycles. The molecule has 4 heteroatoms. The number of fused-ring (bicyclic) bond motifs is 3. The Labute approximate surface area is 109 Å². The molecular weight excluding hydrogens is 280 g/mol. The highest BCUT2D eigenvalue weighted by Gasteiger charge is 2.36. The second-order valence-corrected chi connectivity index (χ2v) is 5.38. The van der Waals surface area contributed by atoms with Crippen molar-refractivity contribution in [1.82, 2.24) is 9.88 Å². The maximum Gasteiger partial charge on any atom is 0.182 e. The normalized spacial score (nSPS) is 22.5. The predicted molar refractivity (Wildman–Crippen MR) is 69.2 cm³/mol. The lowest BCUT2D eigenvalue weighted by Gasteiger charge is -2.41. The van der Waals surface area contributed by atoms with E-state index in [-0.39, 0.29) is 5.92 Å². The molecule has 0 unspecified atom stereocenters. The van der Waals surface area contributed by atoms with Crippen LogP contribution in [0.25, 0.3) is 6.08 Å². The first-order valence-corrected chi connectivity index (χ1v) is 6.66. The van der Waals surface area contributed by atoms with Crippen LogP contribution in [0, 0.1) is 5.92 Å². The van der Waals surface area contributed by atoms with Crippen molar-refractivity contribution in [2.75, 3.05) is 13.1 Å². The summed E-state index contributed by atoms with van der Waals surface area (Å²) in [7, 11) is 0. The molecule has 4 rings (SSSR count). The van der Waals surface area contributed by atoms with Crippen LogP contribution in [0.1, 0.15) is 18.5 Å². The minimum Gasteiger partial charge on any atom is -0.369 e. The Morgan fingerprint density at radius 3 is 2.82 bits per heavy atom. The van der Waals surface area contributed by atoms with E-state index in [4.69, 9.17) is 0 Å². The molecule has 2 bridgehead atoms. The number of Topliss-reactive ketones (excluding diaryl/α,β-unsaturated/α-hetero) is 1. The summed E-state index contributed by atoms with van der Waals surface area (Å²) in [5, 5.41) is 0. The molecule has 0 aromatic carbocycles. The van der Waals surface area contributed by atoms with Crippen molar-refractivity contribution in [2.45, 2.75) is 12.8 Å². The van der Waals surface area contributed by atoms with Gasteiger partial charge in [0.25, 0.3) is 0 Å². The first-order valence-electron chi connectivity index (χ1n) is 5.87. The van der Waals surface area contributed by atoms with E-state index in [0.29, 0.717) is 5.78 Å². The fourth-order valence-electron chi connectivity index (χ4n) is 2.54. The largest absolute Gasteiger partial charge is 0.369 e. The molecule has 0 atom stereocenters. The Bertz CT molecular complexity index is 490. The second kappa shape index (κ2) is 4.26. The van der Waals surface area contributed by atoms with Crippen molar-refractivity contribution in [3.63, 3.8) is 0 Å². The average molecular weight is 293 g/mol. The van der Waals surface area contributed by atoms with Crippen molar-refractivity contribution in [1.29, 1.82) is 0 Å². The molecule has 0 spiro atoms. The van der Waals surface area contributed by atoms with Crippen molar-refractivity contribution in [3.05, 3.63) is 34.2 Å². The zero-order valence-corrected chi connectivity index (χ0v) is 11.0. The Morgan fingerprint density at radius 1 is 1.41 bits per heavy atom. The first-order chi connectivity index (χ1) is 8.25. The Morgan fingerprint density at radius 2 is 2.18 bits per heavy atom. The Balaban J connectivity index is 1.99. The SMILES string of the molecule is O=C1C(=Cc2ncccc2Br)N2CCC1CC2. The standard InChI is InChI=1S/C13H13BrN2O/c14-10-2-1-5-15-11(10)8-12-13(17)9-3-6-16(12)7-4-9/h1-2,5,8-9H,3-4,6-7H2. The van der Waals surface area contributed by atoms with Gasteiger partial charge < -0.3 is 4.90 Å².